The van der Waals surface area contributed by atoms with Gasteiger partial charge in [0.15, 0.2) is 6.10 Å². The molecule has 0 radical (unpaired) electrons. The van der Waals surface area contributed by atoms with E-state index in [4.69, 9.17) is 9.47 Å². The number of piperidine rings is 1. The molecule has 2 heterocycles. The first-order valence-electron chi connectivity index (χ1n) is 9.61. The average Bonchev–Trinajstić information content (AvgIpc) is 3.00. The van der Waals surface area contributed by atoms with Gasteiger partial charge in [0.05, 0.1) is 13.2 Å². The van der Waals surface area contributed by atoms with E-state index in [0.29, 0.717) is 38.3 Å². The summed E-state index contributed by atoms with van der Waals surface area (Å²) >= 11 is 0. The lowest BCUT2D eigenvalue weighted by molar-refractivity contribution is -0.139. The van der Waals surface area contributed by atoms with Crippen LogP contribution in [0.2, 0.25) is 0 Å². The Bertz CT molecular complexity index is 703. The van der Waals surface area contributed by atoms with Gasteiger partial charge in [0.2, 0.25) is 5.91 Å². The highest BCUT2D eigenvalue weighted by atomic mass is 16.5. The first-order valence-corrected chi connectivity index (χ1v) is 9.61. The van der Waals surface area contributed by atoms with Crippen molar-refractivity contribution in [2.24, 2.45) is 0 Å². The van der Waals surface area contributed by atoms with Crippen LogP contribution in [0.15, 0.2) is 30.3 Å². The predicted octanol–water partition coefficient (Wildman–Crippen LogP) is 1.36. The van der Waals surface area contributed by atoms with Crippen LogP contribution in [0, 0.1) is 0 Å². The van der Waals surface area contributed by atoms with Crippen LogP contribution in [0.3, 0.4) is 0 Å². The summed E-state index contributed by atoms with van der Waals surface area (Å²) in [6.45, 7) is 3.55. The second-order valence-corrected chi connectivity index (χ2v) is 7.08. The highest BCUT2D eigenvalue weighted by Crippen LogP contribution is 2.23. The van der Waals surface area contributed by atoms with Gasteiger partial charge in [-0.15, -0.1) is 0 Å². The van der Waals surface area contributed by atoms with E-state index in [-0.39, 0.29) is 37.0 Å². The third-order valence-electron chi connectivity index (χ3n) is 5.22. The predicted molar refractivity (Wildman–Crippen MR) is 102 cm³/mol. The van der Waals surface area contributed by atoms with Gasteiger partial charge >= 0.3 is 6.03 Å². The summed E-state index contributed by atoms with van der Waals surface area (Å²) in [5, 5.41) is 0. The Morgan fingerprint density at radius 2 is 1.86 bits per heavy atom. The van der Waals surface area contributed by atoms with Crippen LogP contribution >= 0.6 is 0 Å². The van der Waals surface area contributed by atoms with Crippen molar-refractivity contribution in [2.75, 3.05) is 39.9 Å². The summed E-state index contributed by atoms with van der Waals surface area (Å²) < 4.78 is 10.7. The molecule has 1 aromatic carbocycles. The number of hydrogen-bond donors (Lipinski definition) is 0. The minimum atomic E-state index is -0.571. The fourth-order valence-corrected chi connectivity index (χ4v) is 3.66. The number of ether oxygens (including phenoxy) is 2. The normalized spacial score (nSPS) is 19.3. The second-order valence-electron chi connectivity index (χ2n) is 7.08. The molecule has 2 aliphatic rings. The smallest absolute Gasteiger partial charge is 0.327 e. The number of hydrogen-bond acceptors (Lipinski definition) is 5. The van der Waals surface area contributed by atoms with Gasteiger partial charge in [-0.1, -0.05) is 18.2 Å². The number of carbonyl (C=O) groups is 3. The summed E-state index contributed by atoms with van der Waals surface area (Å²) in [6.07, 6.45) is 0.737. The SMILES string of the molecule is COCCN1C(=O)CN(C2CCN(C(=O)[C@H](C)Oc3ccccc3)CC2)C1=O. The number of amides is 4. The third kappa shape index (κ3) is 4.44. The molecule has 152 valence electrons. The molecule has 3 rings (SSSR count). The molecule has 0 spiro atoms. The first kappa shape index (κ1) is 20.1. The Labute approximate surface area is 165 Å². The number of nitrogens with zero attached hydrogens (tertiary/aromatic N) is 3. The van der Waals surface area contributed by atoms with Gasteiger partial charge in [0, 0.05) is 26.2 Å². The molecule has 0 unspecified atom stereocenters. The summed E-state index contributed by atoms with van der Waals surface area (Å²) in [4.78, 5) is 41.9. The minimum Gasteiger partial charge on any atom is -0.481 e. The average molecular weight is 389 g/mol. The molecule has 0 bridgehead atoms. The van der Waals surface area contributed by atoms with Crippen molar-refractivity contribution >= 4 is 17.8 Å². The van der Waals surface area contributed by atoms with Gasteiger partial charge in [-0.05, 0) is 31.9 Å². The van der Waals surface area contributed by atoms with Crippen molar-refractivity contribution in [3.63, 3.8) is 0 Å². The Balaban J connectivity index is 1.51. The zero-order valence-corrected chi connectivity index (χ0v) is 16.4. The lowest BCUT2D eigenvalue weighted by atomic mass is 10.0. The van der Waals surface area contributed by atoms with E-state index in [1.165, 1.54) is 12.0 Å². The van der Waals surface area contributed by atoms with Crippen LogP contribution in [0.4, 0.5) is 4.79 Å². The molecule has 1 aromatic rings. The van der Waals surface area contributed by atoms with Gasteiger partial charge in [-0.3, -0.25) is 14.5 Å². The minimum absolute atomic E-state index is 0.0293. The lowest BCUT2D eigenvalue weighted by Crippen LogP contribution is -2.50. The summed E-state index contributed by atoms with van der Waals surface area (Å²) in [7, 11) is 1.54. The summed E-state index contributed by atoms with van der Waals surface area (Å²) in [5.41, 5.74) is 0. The Hall–Kier alpha value is -2.61. The molecule has 28 heavy (non-hydrogen) atoms. The van der Waals surface area contributed by atoms with Crippen molar-refractivity contribution in [1.82, 2.24) is 14.7 Å². The number of carbonyl (C=O) groups excluding carboxylic acids is 3. The number of imide groups is 1. The van der Waals surface area contributed by atoms with Crippen LogP contribution in [0.1, 0.15) is 19.8 Å². The third-order valence-corrected chi connectivity index (χ3v) is 5.22. The molecular formula is C20H27N3O5. The maximum atomic E-state index is 12.7. The topological polar surface area (TPSA) is 79.4 Å². The van der Waals surface area contributed by atoms with Crippen molar-refractivity contribution < 1.29 is 23.9 Å². The summed E-state index contributed by atoms with van der Waals surface area (Å²) in [5.74, 6) is 0.411. The molecule has 2 saturated heterocycles. The molecular weight excluding hydrogens is 362 g/mol. The van der Waals surface area contributed by atoms with Crippen molar-refractivity contribution in [1.29, 1.82) is 0 Å². The fraction of sp³-hybridized carbons (Fsp3) is 0.550. The Morgan fingerprint density at radius 1 is 1.18 bits per heavy atom. The van der Waals surface area contributed by atoms with Crippen LogP contribution < -0.4 is 4.74 Å². The largest absolute Gasteiger partial charge is 0.481 e. The monoisotopic (exact) mass is 389 g/mol. The van der Waals surface area contributed by atoms with Gasteiger partial charge < -0.3 is 19.3 Å². The number of methoxy groups -OCH3 is 1. The molecule has 0 aromatic heterocycles. The molecule has 4 amide bonds. The van der Waals surface area contributed by atoms with E-state index in [9.17, 15) is 14.4 Å². The van der Waals surface area contributed by atoms with E-state index in [0.717, 1.165) is 0 Å². The summed E-state index contributed by atoms with van der Waals surface area (Å²) in [6, 6.07) is 8.98. The molecule has 8 heteroatoms. The maximum Gasteiger partial charge on any atom is 0.327 e. The van der Waals surface area contributed by atoms with Crippen molar-refractivity contribution in [2.45, 2.75) is 31.9 Å². The highest BCUT2D eigenvalue weighted by Gasteiger charge is 2.41. The van der Waals surface area contributed by atoms with E-state index in [1.807, 2.05) is 30.3 Å². The molecule has 0 aliphatic carbocycles. The van der Waals surface area contributed by atoms with E-state index >= 15 is 0 Å². The van der Waals surface area contributed by atoms with E-state index in [1.54, 1.807) is 16.7 Å². The molecule has 1 atom stereocenters. The molecule has 0 saturated carbocycles. The number of rotatable bonds is 7. The van der Waals surface area contributed by atoms with Gasteiger partial charge in [-0.25, -0.2) is 4.79 Å². The number of benzene rings is 1. The second kappa shape index (κ2) is 9.05. The number of likely N-dealkylation sites (tertiary alicyclic amines) is 1. The quantitative estimate of drug-likeness (QED) is 0.658. The number of para-hydroxylation sites is 1. The van der Waals surface area contributed by atoms with Crippen LogP contribution in [-0.4, -0.2) is 84.6 Å². The van der Waals surface area contributed by atoms with Crippen molar-refractivity contribution in [3.05, 3.63) is 30.3 Å². The van der Waals surface area contributed by atoms with E-state index < -0.39 is 6.10 Å². The highest BCUT2D eigenvalue weighted by molar-refractivity contribution is 6.02. The van der Waals surface area contributed by atoms with Gasteiger partial charge in [0.1, 0.15) is 12.3 Å². The lowest BCUT2D eigenvalue weighted by Gasteiger charge is -2.37. The maximum absolute atomic E-state index is 12.7. The standard InChI is InChI=1S/C20H27N3O5/c1-15(28-17-6-4-3-5-7-17)19(25)21-10-8-16(9-11-21)23-14-18(24)22(20(23)26)12-13-27-2/h3-7,15-16H,8-14H2,1-2H3/t15-/m0/s1. The van der Waals surface area contributed by atoms with Gasteiger partial charge in [-0.2, -0.15) is 0 Å². The molecule has 2 aliphatic heterocycles. The van der Waals surface area contributed by atoms with Crippen LogP contribution in [-0.2, 0) is 14.3 Å². The zero-order chi connectivity index (χ0) is 20.1. The van der Waals surface area contributed by atoms with Crippen LogP contribution in [0.25, 0.3) is 0 Å². The Morgan fingerprint density at radius 3 is 2.50 bits per heavy atom. The first-order chi connectivity index (χ1) is 13.5. The zero-order valence-electron chi connectivity index (χ0n) is 16.4. The Kier molecular flexibility index (Phi) is 6.51. The van der Waals surface area contributed by atoms with Crippen molar-refractivity contribution in [3.8, 4) is 5.75 Å². The molecule has 2 fully saturated rings. The fourth-order valence-electron chi connectivity index (χ4n) is 3.66. The van der Waals surface area contributed by atoms with Crippen LogP contribution in [0.5, 0.6) is 5.75 Å². The van der Waals surface area contributed by atoms with Gasteiger partial charge in [0.25, 0.3) is 5.91 Å². The number of urea groups is 1. The van der Waals surface area contributed by atoms with E-state index in [2.05, 4.69) is 0 Å². The molecule has 0 N–H and O–H groups in total. The molecule has 8 nitrogen and oxygen atoms in total.